The van der Waals surface area contributed by atoms with Gasteiger partial charge in [0.1, 0.15) is 5.75 Å². The van der Waals surface area contributed by atoms with Crippen molar-refractivity contribution in [1.29, 1.82) is 0 Å². The first kappa shape index (κ1) is 19.7. The van der Waals surface area contributed by atoms with E-state index in [1.807, 2.05) is 0 Å². The minimum atomic E-state index is -3.67. The van der Waals surface area contributed by atoms with Gasteiger partial charge < -0.3 is 15.0 Å². The first-order valence-electron chi connectivity index (χ1n) is 8.66. The Balaban J connectivity index is 2.07. The molecule has 2 rings (SSSR count). The lowest BCUT2D eigenvalue weighted by molar-refractivity contribution is 0.0952. The Bertz CT molecular complexity index is 685. The Morgan fingerprint density at radius 1 is 1.24 bits per heavy atom. The minimum absolute atomic E-state index is 0.0631. The van der Waals surface area contributed by atoms with E-state index in [4.69, 9.17) is 4.74 Å². The van der Waals surface area contributed by atoms with Crippen LogP contribution in [0.25, 0.3) is 0 Å². The van der Waals surface area contributed by atoms with Crippen LogP contribution in [0.15, 0.2) is 23.1 Å². The summed E-state index contributed by atoms with van der Waals surface area (Å²) in [4.78, 5) is 14.4. The van der Waals surface area contributed by atoms with Crippen molar-refractivity contribution in [2.24, 2.45) is 0 Å². The summed E-state index contributed by atoms with van der Waals surface area (Å²) < 4.78 is 32.8. The first-order chi connectivity index (χ1) is 12.0. The zero-order valence-electron chi connectivity index (χ0n) is 14.9. The molecule has 0 bridgehead atoms. The number of sulfonamides is 1. The third kappa shape index (κ3) is 5.42. The number of likely N-dealkylation sites (tertiary alicyclic amines) is 1. The highest BCUT2D eigenvalue weighted by Crippen LogP contribution is 2.22. The summed E-state index contributed by atoms with van der Waals surface area (Å²) in [5.41, 5.74) is 0.211. The number of methoxy groups -OCH3 is 1. The second kappa shape index (κ2) is 9.17. The molecule has 0 radical (unpaired) electrons. The van der Waals surface area contributed by atoms with Crippen LogP contribution in [0.3, 0.4) is 0 Å². The van der Waals surface area contributed by atoms with Gasteiger partial charge in [0.25, 0.3) is 5.91 Å². The molecule has 8 heteroatoms. The number of benzene rings is 1. The second-order valence-electron chi connectivity index (χ2n) is 6.02. The SMILES string of the molecule is CCNC(=O)c1cc(S(=O)(=O)NCCN2CCCCC2)ccc1OC. The maximum Gasteiger partial charge on any atom is 0.255 e. The maximum absolute atomic E-state index is 12.5. The van der Waals surface area contributed by atoms with E-state index in [0.717, 1.165) is 13.1 Å². The van der Waals surface area contributed by atoms with Crippen molar-refractivity contribution in [2.75, 3.05) is 39.8 Å². The molecule has 1 saturated heterocycles. The van der Waals surface area contributed by atoms with Gasteiger partial charge in [-0.15, -0.1) is 0 Å². The molecule has 0 aromatic heterocycles. The standard InChI is InChI=1S/C17H27N3O4S/c1-3-18-17(21)15-13-14(7-8-16(15)24-2)25(22,23)19-9-12-20-10-5-4-6-11-20/h7-8,13,19H,3-6,9-12H2,1-2H3,(H,18,21). The highest BCUT2D eigenvalue weighted by Gasteiger charge is 2.20. The summed E-state index contributed by atoms with van der Waals surface area (Å²) in [6, 6.07) is 4.31. The van der Waals surface area contributed by atoms with E-state index in [2.05, 4.69) is 14.9 Å². The molecule has 1 aromatic rings. The topological polar surface area (TPSA) is 87.7 Å². The zero-order valence-corrected chi connectivity index (χ0v) is 15.7. The molecule has 1 fully saturated rings. The van der Waals surface area contributed by atoms with E-state index in [1.54, 1.807) is 6.92 Å². The van der Waals surface area contributed by atoms with Crippen molar-refractivity contribution in [3.05, 3.63) is 23.8 Å². The number of ether oxygens (including phenoxy) is 1. The quantitative estimate of drug-likeness (QED) is 0.719. The van der Waals surface area contributed by atoms with Crippen LogP contribution >= 0.6 is 0 Å². The number of carbonyl (C=O) groups excluding carboxylic acids is 1. The van der Waals surface area contributed by atoms with Crippen LogP contribution in [0.4, 0.5) is 0 Å². The molecule has 1 aliphatic heterocycles. The van der Waals surface area contributed by atoms with Gasteiger partial charge in [0.15, 0.2) is 0 Å². The molecule has 1 aromatic carbocycles. The number of nitrogens with one attached hydrogen (secondary N) is 2. The third-order valence-electron chi connectivity index (χ3n) is 4.23. The van der Waals surface area contributed by atoms with E-state index >= 15 is 0 Å². The summed E-state index contributed by atoms with van der Waals surface area (Å²) in [7, 11) is -2.22. The molecule has 7 nitrogen and oxygen atoms in total. The molecule has 0 atom stereocenters. The first-order valence-corrected chi connectivity index (χ1v) is 10.1. The van der Waals surface area contributed by atoms with E-state index in [-0.39, 0.29) is 16.4 Å². The molecule has 1 aliphatic rings. The van der Waals surface area contributed by atoms with Crippen molar-refractivity contribution < 1.29 is 17.9 Å². The average molecular weight is 369 g/mol. The summed E-state index contributed by atoms with van der Waals surface area (Å²) in [5.74, 6) is -0.0112. The van der Waals surface area contributed by atoms with E-state index < -0.39 is 10.0 Å². The predicted octanol–water partition coefficient (Wildman–Crippen LogP) is 1.21. The number of carbonyl (C=O) groups is 1. The highest BCUT2D eigenvalue weighted by molar-refractivity contribution is 7.89. The molecule has 2 N–H and O–H groups in total. The normalized spacial score (nSPS) is 15.8. The van der Waals surface area contributed by atoms with Crippen molar-refractivity contribution >= 4 is 15.9 Å². The molecule has 1 heterocycles. The van der Waals surface area contributed by atoms with Gasteiger partial charge in [0.2, 0.25) is 10.0 Å². The molecule has 140 valence electrons. The smallest absolute Gasteiger partial charge is 0.255 e. The van der Waals surface area contributed by atoms with Crippen LogP contribution in [-0.4, -0.2) is 59.1 Å². The fraction of sp³-hybridized carbons (Fsp3) is 0.588. The average Bonchev–Trinajstić information content (AvgIpc) is 2.62. The Kier molecular flexibility index (Phi) is 7.22. The molecule has 0 unspecified atom stereocenters. The van der Waals surface area contributed by atoms with Gasteiger partial charge in [-0.2, -0.15) is 0 Å². The van der Waals surface area contributed by atoms with Gasteiger partial charge in [-0.05, 0) is 51.1 Å². The molecule has 1 amide bonds. The third-order valence-corrected chi connectivity index (χ3v) is 5.69. The Labute approximate surface area is 149 Å². The molecular formula is C17H27N3O4S. The molecular weight excluding hydrogens is 342 g/mol. The summed E-state index contributed by atoms with van der Waals surface area (Å²) in [6.45, 7) is 5.33. The van der Waals surface area contributed by atoms with Gasteiger partial charge >= 0.3 is 0 Å². The summed E-state index contributed by atoms with van der Waals surface area (Å²) in [5, 5.41) is 2.66. The fourth-order valence-corrected chi connectivity index (χ4v) is 3.94. The predicted molar refractivity (Wildman–Crippen MR) is 96.5 cm³/mol. The van der Waals surface area contributed by atoms with E-state index in [1.165, 1.54) is 44.6 Å². The van der Waals surface area contributed by atoms with Crippen molar-refractivity contribution in [3.8, 4) is 5.75 Å². The van der Waals surface area contributed by atoms with Crippen molar-refractivity contribution in [2.45, 2.75) is 31.1 Å². The van der Waals surface area contributed by atoms with Gasteiger partial charge in [0, 0.05) is 19.6 Å². The molecule has 0 saturated carbocycles. The monoisotopic (exact) mass is 369 g/mol. The molecule has 0 spiro atoms. The number of hydrogen-bond donors (Lipinski definition) is 2. The lowest BCUT2D eigenvalue weighted by Crippen LogP contribution is -2.37. The Morgan fingerprint density at radius 3 is 2.60 bits per heavy atom. The zero-order chi connectivity index (χ0) is 18.3. The lowest BCUT2D eigenvalue weighted by atomic mass is 10.1. The number of hydrogen-bond acceptors (Lipinski definition) is 5. The van der Waals surface area contributed by atoms with E-state index in [0.29, 0.717) is 25.4 Å². The second-order valence-corrected chi connectivity index (χ2v) is 7.79. The lowest BCUT2D eigenvalue weighted by Gasteiger charge is -2.26. The van der Waals surface area contributed by atoms with Gasteiger partial charge in [-0.25, -0.2) is 13.1 Å². The van der Waals surface area contributed by atoms with Crippen molar-refractivity contribution in [3.63, 3.8) is 0 Å². The van der Waals surface area contributed by atoms with Crippen molar-refractivity contribution in [1.82, 2.24) is 14.9 Å². The molecule has 0 aliphatic carbocycles. The van der Waals surface area contributed by atoms with Crippen LogP contribution in [-0.2, 0) is 10.0 Å². The van der Waals surface area contributed by atoms with E-state index in [9.17, 15) is 13.2 Å². The summed E-state index contributed by atoms with van der Waals surface area (Å²) >= 11 is 0. The van der Waals surface area contributed by atoms with Crippen LogP contribution in [0, 0.1) is 0 Å². The molecule has 25 heavy (non-hydrogen) atoms. The van der Waals surface area contributed by atoms with Crippen LogP contribution < -0.4 is 14.8 Å². The summed E-state index contributed by atoms with van der Waals surface area (Å²) in [6.07, 6.45) is 3.58. The Morgan fingerprint density at radius 2 is 1.96 bits per heavy atom. The van der Waals surface area contributed by atoms with Gasteiger partial charge in [0.05, 0.1) is 17.6 Å². The van der Waals surface area contributed by atoms with Crippen LogP contribution in [0.1, 0.15) is 36.5 Å². The number of amides is 1. The number of rotatable bonds is 8. The maximum atomic E-state index is 12.5. The Hall–Kier alpha value is -1.64. The largest absolute Gasteiger partial charge is 0.496 e. The number of nitrogens with zero attached hydrogens (tertiary/aromatic N) is 1. The highest BCUT2D eigenvalue weighted by atomic mass is 32.2. The van der Waals surface area contributed by atoms with Gasteiger partial charge in [-0.3, -0.25) is 4.79 Å². The minimum Gasteiger partial charge on any atom is -0.496 e. The van der Waals surface area contributed by atoms with Crippen LogP contribution in [0.5, 0.6) is 5.75 Å². The van der Waals surface area contributed by atoms with Crippen LogP contribution in [0.2, 0.25) is 0 Å². The fourth-order valence-electron chi connectivity index (χ4n) is 2.89. The number of piperidine rings is 1. The van der Waals surface area contributed by atoms with Gasteiger partial charge in [-0.1, -0.05) is 6.42 Å².